The number of carbonyl (C=O) groups is 1. The van der Waals surface area contributed by atoms with Gasteiger partial charge in [0.1, 0.15) is 0 Å². The number of rotatable bonds is 7. The first-order chi connectivity index (χ1) is 8.51. The summed E-state index contributed by atoms with van der Waals surface area (Å²) in [4.78, 5) is 14.5. The number of thioether (sulfide) groups is 1. The summed E-state index contributed by atoms with van der Waals surface area (Å²) in [7, 11) is 0. The summed E-state index contributed by atoms with van der Waals surface area (Å²) in [5, 5.41) is 4.13. The van der Waals surface area contributed by atoms with Gasteiger partial charge in [-0.2, -0.15) is 11.8 Å². The van der Waals surface area contributed by atoms with E-state index in [9.17, 15) is 4.79 Å². The highest BCUT2D eigenvalue weighted by Crippen LogP contribution is 2.21. The van der Waals surface area contributed by atoms with Gasteiger partial charge in [0.2, 0.25) is 5.91 Å². The minimum absolute atomic E-state index is 0.0196. The second-order valence-electron chi connectivity index (χ2n) is 5.56. The summed E-state index contributed by atoms with van der Waals surface area (Å²) in [6.07, 6.45) is 5.64. The Morgan fingerprint density at radius 1 is 1.39 bits per heavy atom. The van der Waals surface area contributed by atoms with Crippen LogP contribution >= 0.6 is 11.8 Å². The highest BCUT2D eigenvalue weighted by Gasteiger charge is 2.39. The van der Waals surface area contributed by atoms with Crippen LogP contribution in [0.25, 0.3) is 0 Å². The molecule has 106 valence electrons. The zero-order valence-corrected chi connectivity index (χ0v) is 13.2. The number of hydrogen-bond donors (Lipinski definition) is 1. The van der Waals surface area contributed by atoms with Crippen LogP contribution < -0.4 is 5.32 Å². The van der Waals surface area contributed by atoms with Crippen molar-refractivity contribution in [1.29, 1.82) is 0 Å². The molecule has 1 rings (SSSR count). The van der Waals surface area contributed by atoms with E-state index in [1.807, 2.05) is 11.8 Å². The van der Waals surface area contributed by atoms with Crippen LogP contribution in [0.4, 0.5) is 0 Å². The molecule has 3 nitrogen and oxygen atoms in total. The summed E-state index contributed by atoms with van der Waals surface area (Å²) < 4.78 is 0. The Balaban J connectivity index is 2.62. The fraction of sp³-hybridized carbons (Fsp3) is 0.929. The molecule has 0 saturated carbocycles. The number of amides is 1. The molecule has 1 heterocycles. The van der Waals surface area contributed by atoms with Crippen molar-refractivity contribution in [3.63, 3.8) is 0 Å². The third-order valence-corrected chi connectivity index (χ3v) is 4.75. The Morgan fingerprint density at radius 3 is 2.56 bits per heavy atom. The highest BCUT2D eigenvalue weighted by atomic mass is 32.2. The molecule has 1 aliphatic heterocycles. The van der Waals surface area contributed by atoms with Crippen LogP contribution in [0.1, 0.15) is 47.0 Å². The van der Waals surface area contributed by atoms with Crippen molar-refractivity contribution in [2.75, 3.05) is 12.8 Å². The summed E-state index contributed by atoms with van der Waals surface area (Å²) in [6.45, 7) is 9.53. The van der Waals surface area contributed by atoms with Crippen LogP contribution in [-0.4, -0.2) is 41.1 Å². The molecule has 1 N–H and O–H groups in total. The van der Waals surface area contributed by atoms with Crippen molar-refractivity contribution in [1.82, 2.24) is 10.2 Å². The Hall–Kier alpha value is -0.220. The first-order valence-corrected chi connectivity index (χ1v) is 8.39. The Labute approximate surface area is 116 Å². The molecule has 0 aliphatic carbocycles. The molecule has 0 aromatic carbocycles. The zero-order chi connectivity index (χ0) is 13.7. The minimum atomic E-state index is 0.0196. The number of nitrogens with zero attached hydrogens (tertiary/aromatic N) is 1. The number of nitrogens with one attached hydrogen (secondary N) is 1. The number of hydrogen-bond acceptors (Lipinski definition) is 3. The normalized spacial score (nSPS) is 26.1. The second kappa shape index (κ2) is 7.39. The number of carbonyl (C=O) groups excluding carboxylic acids is 1. The summed E-state index contributed by atoms with van der Waals surface area (Å²) >= 11 is 1.87. The summed E-state index contributed by atoms with van der Waals surface area (Å²) in [6, 6.07) is 0.0196. The maximum Gasteiger partial charge on any atom is 0.241 e. The lowest BCUT2D eigenvalue weighted by molar-refractivity contribution is -0.130. The van der Waals surface area contributed by atoms with E-state index in [4.69, 9.17) is 0 Å². The van der Waals surface area contributed by atoms with Crippen molar-refractivity contribution >= 4 is 17.7 Å². The minimum Gasteiger partial charge on any atom is -0.326 e. The van der Waals surface area contributed by atoms with Crippen molar-refractivity contribution in [3.05, 3.63) is 0 Å². The van der Waals surface area contributed by atoms with Gasteiger partial charge >= 0.3 is 0 Å². The molecule has 18 heavy (non-hydrogen) atoms. The standard InChI is InChI=1S/C14H28N2OS/c1-6-7-12-15-13(10(2)3)14(17)16(12)9-8-11(4)18-5/h10-13,15H,6-9H2,1-5H3. The maximum absolute atomic E-state index is 12.4. The van der Waals surface area contributed by atoms with Crippen LogP contribution in [0, 0.1) is 5.92 Å². The lowest BCUT2D eigenvalue weighted by Gasteiger charge is -2.25. The monoisotopic (exact) mass is 272 g/mol. The smallest absolute Gasteiger partial charge is 0.241 e. The summed E-state index contributed by atoms with van der Waals surface area (Å²) in [5.41, 5.74) is 0. The third-order valence-electron chi connectivity index (χ3n) is 3.70. The SMILES string of the molecule is CCCC1NC(C(C)C)C(=O)N1CCC(C)SC. The summed E-state index contributed by atoms with van der Waals surface area (Å²) in [5.74, 6) is 0.677. The first-order valence-electron chi connectivity index (χ1n) is 7.10. The van der Waals surface area contributed by atoms with E-state index < -0.39 is 0 Å². The van der Waals surface area contributed by atoms with Crippen LogP contribution in [0.5, 0.6) is 0 Å². The van der Waals surface area contributed by atoms with E-state index in [1.54, 1.807) is 0 Å². The maximum atomic E-state index is 12.4. The average molecular weight is 272 g/mol. The molecular weight excluding hydrogens is 244 g/mol. The van der Waals surface area contributed by atoms with Crippen LogP contribution in [0.2, 0.25) is 0 Å². The quantitative estimate of drug-likeness (QED) is 0.773. The van der Waals surface area contributed by atoms with Crippen molar-refractivity contribution in [3.8, 4) is 0 Å². The van der Waals surface area contributed by atoms with Crippen LogP contribution in [0.3, 0.4) is 0 Å². The van der Waals surface area contributed by atoms with Gasteiger partial charge in [0, 0.05) is 11.8 Å². The molecule has 1 saturated heterocycles. The predicted octanol–water partition coefficient (Wildman–Crippen LogP) is 2.71. The largest absolute Gasteiger partial charge is 0.326 e. The van der Waals surface area contributed by atoms with Gasteiger partial charge in [-0.15, -0.1) is 0 Å². The predicted molar refractivity (Wildman–Crippen MR) is 79.8 cm³/mol. The Bertz CT molecular complexity index is 271. The van der Waals surface area contributed by atoms with Gasteiger partial charge in [0.25, 0.3) is 0 Å². The van der Waals surface area contributed by atoms with E-state index in [0.717, 1.165) is 25.8 Å². The molecule has 1 aliphatic rings. The molecule has 0 spiro atoms. The Morgan fingerprint density at radius 2 is 2.06 bits per heavy atom. The van der Waals surface area contributed by atoms with Gasteiger partial charge in [0.15, 0.2) is 0 Å². The average Bonchev–Trinajstić information content (AvgIpc) is 2.64. The fourth-order valence-electron chi connectivity index (χ4n) is 2.40. The Kier molecular flexibility index (Phi) is 6.50. The molecule has 1 amide bonds. The first kappa shape index (κ1) is 15.8. The van der Waals surface area contributed by atoms with Gasteiger partial charge in [0.05, 0.1) is 12.2 Å². The molecule has 3 atom stereocenters. The molecule has 1 fully saturated rings. The van der Waals surface area contributed by atoms with Gasteiger partial charge in [-0.05, 0) is 25.0 Å². The molecule has 3 unspecified atom stereocenters. The van der Waals surface area contributed by atoms with E-state index in [0.29, 0.717) is 17.1 Å². The topological polar surface area (TPSA) is 32.3 Å². The van der Waals surface area contributed by atoms with Gasteiger partial charge in [-0.3, -0.25) is 10.1 Å². The molecule has 0 bridgehead atoms. The molecule has 0 radical (unpaired) electrons. The van der Waals surface area contributed by atoms with Crippen LogP contribution in [-0.2, 0) is 4.79 Å². The fourth-order valence-corrected chi connectivity index (χ4v) is 2.74. The van der Waals surface area contributed by atoms with Crippen molar-refractivity contribution in [2.45, 2.75) is 64.4 Å². The van der Waals surface area contributed by atoms with E-state index in [1.165, 1.54) is 0 Å². The van der Waals surface area contributed by atoms with E-state index in [-0.39, 0.29) is 12.2 Å². The highest BCUT2D eigenvalue weighted by molar-refractivity contribution is 7.99. The van der Waals surface area contributed by atoms with Crippen LogP contribution in [0.15, 0.2) is 0 Å². The molecule has 4 heteroatoms. The third kappa shape index (κ3) is 3.89. The lowest BCUT2D eigenvalue weighted by atomic mass is 10.1. The second-order valence-corrected chi connectivity index (χ2v) is 6.84. The molecule has 0 aromatic rings. The zero-order valence-electron chi connectivity index (χ0n) is 12.4. The van der Waals surface area contributed by atoms with Gasteiger partial charge in [-0.25, -0.2) is 0 Å². The molecule has 0 aromatic heterocycles. The van der Waals surface area contributed by atoms with E-state index >= 15 is 0 Å². The van der Waals surface area contributed by atoms with Crippen molar-refractivity contribution in [2.24, 2.45) is 5.92 Å². The van der Waals surface area contributed by atoms with Gasteiger partial charge < -0.3 is 4.90 Å². The molecular formula is C14H28N2OS. The van der Waals surface area contributed by atoms with Crippen molar-refractivity contribution < 1.29 is 4.79 Å². The lowest BCUT2D eigenvalue weighted by Crippen LogP contribution is -2.38. The van der Waals surface area contributed by atoms with E-state index in [2.05, 4.69) is 44.2 Å². The van der Waals surface area contributed by atoms with Gasteiger partial charge in [-0.1, -0.05) is 34.1 Å².